The maximum Gasteiger partial charge on any atom is 0.227 e. The first-order valence-electron chi connectivity index (χ1n) is 10.3. The van der Waals surface area contributed by atoms with Crippen molar-refractivity contribution in [1.82, 2.24) is 14.8 Å². The minimum absolute atomic E-state index is 0.00112. The summed E-state index contributed by atoms with van der Waals surface area (Å²) in [5.74, 6) is -0.299. The monoisotopic (exact) mass is 395 g/mol. The van der Waals surface area contributed by atoms with Gasteiger partial charge < -0.3 is 9.80 Å². The van der Waals surface area contributed by atoms with E-state index in [1.807, 2.05) is 17.0 Å². The fourth-order valence-electron chi connectivity index (χ4n) is 4.49. The normalized spacial score (nSPS) is 22.0. The van der Waals surface area contributed by atoms with Gasteiger partial charge in [-0.25, -0.2) is 4.39 Å². The lowest BCUT2D eigenvalue weighted by molar-refractivity contribution is -0.141. The zero-order valence-electron chi connectivity index (χ0n) is 16.5. The minimum Gasteiger partial charge on any atom is -0.342 e. The second-order valence-electron chi connectivity index (χ2n) is 7.95. The van der Waals surface area contributed by atoms with Crippen molar-refractivity contribution >= 4 is 11.8 Å². The van der Waals surface area contributed by atoms with Crippen LogP contribution in [0.4, 0.5) is 4.39 Å². The molecule has 1 aromatic heterocycles. The van der Waals surface area contributed by atoms with Crippen molar-refractivity contribution in [3.8, 4) is 0 Å². The van der Waals surface area contributed by atoms with E-state index < -0.39 is 0 Å². The first-order chi connectivity index (χ1) is 14.1. The summed E-state index contributed by atoms with van der Waals surface area (Å²) in [6.45, 7) is 1.92. The average molecular weight is 395 g/mol. The Morgan fingerprint density at radius 3 is 2.48 bits per heavy atom. The van der Waals surface area contributed by atoms with Gasteiger partial charge in [-0.2, -0.15) is 0 Å². The van der Waals surface area contributed by atoms with Gasteiger partial charge >= 0.3 is 0 Å². The summed E-state index contributed by atoms with van der Waals surface area (Å²) in [4.78, 5) is 33.9. The van der Waals surface area contributed by atoms with Gasteiger partial charge in [-0.3, -0.25) is 14.6 Å². The van der Waals surface area contributed by atoms with Crippen molar-refractivity contribution in [3.05, 3.63) is 65.7 Å². The maximum atomic E-state index is 13.3. The summed E-state index contributed by atoms with van der Waals surface area (Å²) in [7, 11) is 0. The Balaban J connectivity index is 1.40. The molecule has 3 heterocycles. The maximum absolute atomic E-state index is 13.3. The molecule has 2 aliphatic rings. The lowest BCUT2D eigenvalue weighted by atomic mass is 9.95. The van der Waals surface area contributed by atoms with Crippen LogP contribution in [0.15, 0.2) is 48.8 Å². The fraction of sp³-hybridized carbons (Fsp3) is 0.435. The third-order valence-electron chi connectivity index (χ3n) is 6.02. The van der Waals surface area contributed by atoms with Crippen molar-refractivity contribution in [2.75, 3.05) is 19.6 Å². The molecular formula is C23H26FN3O2. The Hall–Kier alpha value is -2.76. The van der Waals surface area contributed by atoms with Gasteiger partial charge in [-0.1, -0.05) is 12.1 Å². The van der Waals surface area contributed by atoms with Gasteiger partial charge in [0.25, 0.3) is 0 Å². The van der Waals surface area contributed by atoms with E-state index >= 15 is 0 Å². The molecule has 2 fully saturated rings. The van der Waals surface area contributed by atoms with E-state index in [1.165, 1.54) is 12.1 Å². The van der Waals surface area contributed by atoms with E-state index in [0.717, 1.165) is 43.4 Å². The second-order valence-corrected chi connectivity index (χ2v) is 7.95. The molecule has 4 rings (SSSR count). The average Bonchev–Trinajstić information content (AvgIpc) is 3.25. The summed E-state index contributed by atoms with van der Waals surface area (Å²) >= 11 is 0. The quantitative estimate of drug-likeness (QED) is 0.798. The minimum atomic E-state index is -0.306. The molecular weight excluding hydrogens is 369 g/mol. The lowest BCUT2D eigenvalue weighted by Gasteiger charge is -2.36. The largest absolute Gasteiger partial charge is 0.342 e. The van der Waals surface area contributed by atoms with Crippen LogP contribution in [-0.4, -0.2) is 46.2 Å². The number of carbonyl (C=O) groups is 2. The van der Waals surface area contributed by atoms with Gasteiger partial charge in [0.2, 0.25) is 11.8 Å². The number of nitrogens with zero attached hydrogens (tertiary/aromatic N) is 3. The molecule has 152 valence electrons. The molecule has 0 saturated carbocycles. The molecule has 0 radical (unpaired) electrons. The molecule has 0 bridgehead atoms. The molecule has 0 spiro atoms. The number of carbonyl (C=O) groups excluding carboxylic acids is 2. The van der Waals surface area contributed by atoms with Gasteiger partial charge in [-0.05, 0) is 61.1 Å². The van der Waals surface area contributed by atoms with E-state index in [2.05, 4.69) is 4.98 Å². The van der Waals surface area contributed by atoms with Crippen LogP contribution in [-0.2, 0) is 16.0 Å². The van der Waals surface area contributed by atoms with E-state index in [1.54, 1.807) is 29.4 Å². The number of aromatic nitrogens is 1. The number of pyridine rings is 1. The topological polar surface area (TPSA) is 53.5 Å². The molecule has 2 atom stereocenters. The zero-order chi connectivity index (χ0) is 20.2. The lowest BCUT2D eigenvalue weighted by Crippen LogP contribution is -2.47. The van der Waals surface area contributed by atoms with Crippen LogP contribution < -0.4 is 0 Å². The number of piperidine rings is 1. The van der Waals surface area contributed by atoms with E-state index in [9.17, 15) is 14.0 Å². The molecule has 6 heteroatoms. The highest BCUT2D eigenvalue weighted by atomic mass is 19.1. The first kappa shape index (κ1) is 19.6. The Labute approximate surface area is 170 Å². The van der Waals surface area contributed by atoms with Crippen LogP contribution >= 0.6 is 0 Å². The van der Waals surface area contributed by atoms with Crippen LogP contribution in [0.25, 0.3) is 0 Å². The summed E-state index contributed by atoms with van der Waals surface area (Å²) in [6, 6.07) is 10.1. The van der Waals surface area contributed by atoms with E-state index in [-0.39, 0.29) is 36.0 Å². The van der Waals surface area contributed by atoms with Crippen LogP contribution in [0.1, 0.15) is 42.9 Å². The number of benzene rings is 1. The molecule has 2 aromatic rings. The predicted molar refractivity (Wildman–Crippen MR) is 107 cm³/mol. The number of amides is 2. The number of hydrogen-bond acceptors (Lipinski definition) is 3. The van der Waals surface area contributed by atoms with Gasteiger partial charge in [0.15, 0.2) is 0 Å². The summed E-state index contributed by atoms with van der Waals surface area (Å²) in [6.07, 6.45) is 7.40. The Morgan fingerprint density at radius 1 is 1.00 bits per heavy atom. The molecule has 0 aliphatic carbocycles. The molecule has 2 saturated heterocycles. The predicted octanol–water partition coefficient (Wildman–Crippen LogP) is 3.37. The molecule has 0 unspecified atom stereocenters. The van der Waals surface area contributed by atoms with Crippen LogP contribution in [0, 0.1) is 11.7 Å². The SMILES string of the molecule is O=C(Cc1ccc(F)cc1)N1CCC[C@H](C(=O)N2CCC[C@@H]2c2ccncc2)C1. The fourth-order valence-corrected chi connectivity index (χ4v) is 4.49. The highest BCUT2D eigenvalue weighted by molar-refractivity contribution is 5.83. The Kier molecular flexibility index (Phi) is 5.88. The van der Waals surface area contributed by atoms with E-state index in [0.29, 0.717) is 13.1 Å². The number of rotatable bonds is 4. The van der Waals surface area contributed by atoms with Gasteiger partial charge in [0.1, 0.15) is 5.82 Å². The van der Waals surface area contributed by atoms with Crippen molar-refractivity contribution in [1.29, 1.82) is 0 Å². The smallest absolute Gasteiger partial charge is 0.227 e. The van der Waals surface area contributed by atoms with Gasteiger partial charge in [0.05, 0.1) is 18.4 Å². The first-order valence-corrected chi connectivity index (χ1v) is 10.3. The molecule has 5 nitrogen and oxygen atoms in total. The van der Waals surface area contributed by atoms with Crippen molar-refractivity contribution < 1.29 is 14.0 Å². The molecule has 0 N–H and O–H groups in total. The van der Waals surface area contributed by atoms with Crippen molar-refractivity contribution in [3.63, 3.8) is 0 Å². The Bertz CT molecular complexity index is 856. The molecule has 1 aromatic carbocycles. The number of halogens is 1. The summed E-state index contributed by atoms with van der Waals surface area (Å²) < 4.78 is 13.1. The van der Waals surface area contributed by atoms with Gasteiger partial charge in [0, 0.05) is 32.0 Å². The third kappa shape index (κ3) is 4.47. The van der Waals surface area contributed by atoms with Crippen LogP contribution in [0.3, 0.4) is 0 Å². The summed E-state index contributed by atoms with van der Waals surface area (Å²) in [5.41, 5.74) is 1.92. The number of likely N-dealkylation sites (tertiary alicyclic amines) is 2. The van der Waals surface area contributed by atoms with E-state index in [4.69, 9.17) is 0 Å². The summed E-state index contributed by atoms with van der Waals surface area (Å²) in [5, 5.41) is 0. The van der Waals surface area contributed by atoms with Gasteiger partial charge in [-0.15, -0.1) is 0 Å². The third-order valence-corrected chi connectivity index (χ3v) is 6.02. The highest BCUT2D eigenvalue weighted by Gasteiger charge is 2.36. The molecule has 2 amide bonds. The van der Waals surface area contributed by atoms with Crippen molar-refractivity contribution in [2.24, 2.45) is 5.92 Å². The molecule has 29 heavy (non-hydrogen) atoms. The van der Waals surface area contributed by atoms with Crippen LogP contribution in [0.2, 0.25) is 0 Å². The number of hydrogen-bond donors (Lipinski definition) is 0. The second kappa shape index (κ2) is 8.72. The van der Waals surface area contributed by atoms with Crippen molar-refractivity contribution in [2.45, 2.75) is 38.1 Å². The highest BCUT2D eigenvalue weighted by Crippen LogP contribution is 2.34. The molecule has 2 aliphatic heterocycles. The zero-order valence-corrected chi connectivity index (χ0v) is 16.5. The Morgan fingerprint density at radius 2 is 1.72 bits per heavy atom. The standard InChI is InChI=1S/C23H26FN3O2/c24-20-7-5-17(6-8-20)15-22(28)26-13-1-3-19(16-26)23(29)27-14-2-4-21(27)18-9-11-25-12-10-18/h5-12,19,21H,1-4,13-16H2/t19-,21+/m0/s1. The van der Waals surface area contributed by atoms with Crippen LogP contribution in [0.5, 0.6) is 0 Å².